The summed E-state index contributed by atoms with van der Waals surface area (Å²) in [7, 11) is 0. The Labute approximate surface area is 142 Å². The van der Waals surface area contributed by atoms with E-state index in [-0.39, 0.29) is 23.8 Å². The Bertz CT molecular complexity index is 597. The Kier molecular flexibility index (Phi) is 4.76. The van der Waals surface area contributed by atoms with Crippen molar-refractivity contribution in [3.63, 3.8) is 0 Å². The highest BCUT2D eigenvalue weighted by Gasteiger charge is 2.47. The SMILES string of the molecule is C[C@@H](O)[C@H]1C(=O)N[C@@H]1[C@@H](C)C(=O)N1CCN(c2ccccc2)CC1. The fraction of sp³-hybridized carbons (Fsp3) is 0.556. The lowest BCUT2D eigenvalue weighted by Gasteiger charge is -2.44. The van der Waals surface area contributed by atoms with E-state index < -0.39 is 12.0 Å². The third kappa shape index (κ3) is 3.11. The number of piperazine rings is 1. The molecule has 130 valence electrons. The fourth-order valence-corrected chi connectivity index (χ4v) is 3.64. The predicted molar refractivity (Wildman–Crippen MR) is 91.5 cm³/mol. The van der Waals surface area contributed by atoms with Gasteiger partial charge in [-0.1, -0.05) is 25.1 Å². The molecule has 0 spiro atoms. The van der Waals surface area contributed by atoms with E-state index in [9.17, 15) is 14.7 Å². The van der Waals surface area contributed by atoms with Crippen molar-refractivity contribution in [2.45, 2.75) is 26.0 Å². The molecule has 0 unspecified atom stereocenters. The maximum absolute atomic E-state index is 12.7. The van der Waals surface area contributed by atoms with Crippen LogP contribution in [0.2, 0.25) is 0 Å². The second kappa shape index (κ2) is 6.81. The molecular formula is C18H25N3O3. The summed E-state index contributed by atoms with van der Waals surface area (Å²) in [5.74, 6) is -0.901. The average Bonchev–Trinajstić information content (AvgIpc) is 2.58. The first kappa shape index (κ1) is 16.8. The highest BCUT2D eigenvalue weighted by molar-refractivity contribution is 5.90. The van der Waals surface area contributed by atoms with Gasteiger partial charge in [-0.05, 0) is 19.1 Å². The van der Waals surface area contributed by atoms with E-state index >= 15 is 0 Å². The number of nitrogens with one attached hydrogen (secondary N) is 1. The lowest BCUT2D eigenvalue weighted by Crippen LogP contribution is -2.66. The van der Waals surface area contributed by atoms with Gasteiger partial charge in [0.1, 0.15) is 0 Å². The number of amides is 2. The zero-order valence-electron chi connectivity index (χ0n) is 14.2. The first-order chi connectivity index (χ1) is 11.5. The summed E-state index contributed by atoms with van der Waals surface area (Å²) < 4.78 is 0. The van der Waals surface area contributed by atoms with Crippen molar-refractivity contribution in [1.29, 1.82) is 0 Å². The van der Waals surface area contributed by atoms with Gasteiger partial charge in [0.05, 0.1) is 24.0 Å². The van der Waals surface area contributed by atoms with Crippen LogP contribution < -0.4 is 10.2 Å². The molecule has 0 radical (unpaired) electrons. The van der Waals surface area contributed by atoms with Gasteiger partial charge >= 0.3 is 0 Å². The molecule has 0 aliphatic carbocycles. The average molecular weight is 331 g/mol. The van der Waals surface area contributed by atoms with Crippen LogP contribution in [0, 0.1) is 11.8 Å². The van der Waals surface area contributed by atoms with Crippen molar-refractivity contribution in [3.8, 4) is 0 Å². The number of anilines is 1. The molecule has 2 aliphatic rings. The predicted octanol–water partition coefficient (Wildman–Crippen LogP) is 0.467. The number of benzene rings is 1. The Morgan fingerprint density at radius 2 is 1.79 bits per heavy atom. The minimum Gasteiger partial charge on any atom is -0.393 e. The van der Waals surface area contributed by atoms with Gasteiger partial charge in [0.25, 0.3) is 0 Å². The topological polar surface area (TPSA) is 72.9 Å². The van der Waals surface area contributed by atoms with Gasteiger partial charge < -0.3 is 20.2 Å². The molecule has 4 atom stereocenters. The molecule has 2 amide bonds. The summed E-state index contributed by atoms with van der Waals surface area (Å²) in [4.78, 5) is 28.5. The molecule has 0 bridgehead atoms. The summed E-state index contributed by atoms with van der Waals surface area (Å²) >= 11 is 0. The minimum absolute atomic E-state index is 0.0540. The van der Waals surface area contributed by atoms with E-state index in [2.05, 4.69) is 22.3 Å². The van der Waals surface area contributed by atoms with Gasteiger partial charge in [0.2, 0.25) is 11.8 Å². The zero-order chi connectivity index (χ0) is 17.3. The normalized spacial score (nSPS) is 26.4. The Morgan fingerprint density at radius 3 is 2.33 bits per heavy atom. The fourth-order valence-electron chi connectivity index (χ4n) is 3.64. The van der Waals surface area contributed by atoms with Crippen LogP contribution in [0.5, 0.6) is 0 Å². The Balaban J connectivity index is 1.56. The second-order valence-electron chi connectivity index (χ2n) is 6.74. The molecule has 6 heteroatoms. The summed E-state index contributed by atoms with van der Waals surface area (Å²) in [5, 5.41) is 12.5. The number of β-lactam (4-membered cyclic amide) rings is 1. The van der Waals surface area contributed by atoms with Gasteiger partial charge in [0, 0.05) is 31.9 Å². The number of rotatable bonds is 4. The van der Waals surface area contributed by atoms with E-state index in [1.54, 1.807) is 6.92 Å². The number of hydrogen-bond acceptors (Lipinski definition) is 4. The van der Waals surface area contributed by atoms with E-state index in [0.717, 1.165) is 13.1 Å². The van der Waals surface area contributed by atoms with E-state index in [4.69, 9.17) is 0 Å². The van der Waals surface area contributed by atoms with Crippen molar-refractivity contribution in [2.75, 3.05) is 31.1 Å². The third-order valence-corrected chi connectivity index (χ3v) is 5.16. The molecule has 2 N–H and O–H groups in total. The highest BCUT2D eigenvalue weighted by Crippen LogP contribution is 2.27. The number of carbonyl (C=O) groups is 2. The van der Waals surface area contributed by atoms with Crippen LogP contribution in [0.3, 0.4) is 0 Å². The Morgan fingerprint density at radius 1 is 1.17 bits per heavy atom. The van der Waals surface area contributed by atoms with Gasteiger partial charge in [-0.15, -0.1) is 0 Å². The van der Waals surface area contributed by atoms with Crippen LogP contribution in [0.15, 0.2) is 30.3 Å². The van der Waals surface area contributed by atoms with Gasteiger partial charge in [-0.25, -0.2) is 0 Å². The van der Waals surface area contributed by atoms with E-state index in [1.165, 1.54) is 5.69 Å². The summed E-state index contributed by atoms with van der Waals surface area (Å²) in [6.45, 7) is 6.41. The molecule has 2 aliphatic heterocycles. The lowest BCUT2D eigenvalue weighted by molar-refractivity contribution is -0.148. The van der Waals surface area contributed by atoms with Crippen LogP contribution in [-0.2, 0) is 9.59 Å². The molecule has 0 saturated carbocycles. The third-order valence-electron chi connectivity index (χ3n) is 5.16. The lowest BCUT2D eigenvalue weighted by atomic mass is 9.78. The summed E-state index contributed by atoms with van der Waals surface area (Å²) in [6.07, 6.45) is -0.728. The molecule has 2 saturated heterocycles. The number of nitrogens with zero attached hydrogens (tertiary/aromatic N) is 2. The molecule has 2 fully saturated rings. The van der Waals surface area contributed by atoms with Crippen LogP contribution >= 0.6 is 0 Å². The smallest absolute Gasteiger partial charge is 0.228 e. The quantitative estimate of drug-likeness (QED) is 0.787. The zero-order valence-corrected chi connectivity index (χ0v) is 14.2. The molecule has 2 heterocycles. The van der Waals surface area contributed by atoms with Gasteiger partial charge in [0.15, 0.2) is 0 Å². The largest absolute Gasteiger partial charge is 0.393 e. The van der Waals surface area contributed by atoms with Crippen LogP contribution in [0.4, 0.5) is 5.69 Å². The van der Waals surface area contributed by atoms with Crippen LogP contribution in [-0.4, -0.2) is 60.1 Å². The number of hydrogen-bond donors (Lipinski definition) is 2. The summed E-state index contributed by atoms with van der Waals surface area (Å²) in [6, 6.07) is 9.93. The highest BCUT2D eigenvalue weighted by atomic mass is 16.3. The minimum atomic E-state index is -0.728. The maximum Gasteiger partial charge on any atom is 0.228 e. The van der Waals surface area contributed by atoms with Crippen molar-refractivity contribution in [1.82, 2.24) is 10.2 Å². The molecule has 3 rings (SSSR count). The maximum atomic E-state index is 12.7. The molecule has 0 aromatic heterocycles. The number of aliphatic hydroxyl groups is 1. The second-order valence-corrected chi connectivity index (χ2v) is 6.74. The Hall–Kier alpha value is -2.08. The van der Waals surface area contributed by atoms with Crippen molar-refractivity contribution < 1.29 is 14.7 Å². The van der Waals surface area contributed by atoms with Gasteiger partial charge in [-0.2, -0.15) is 0 Å². The van der Waals surface area contributed by atoms with Crippen LogP contribution in [0.25, 0.3) is 0 Å². The van der Waals surface area contributed by atoms with Crippen molar-refractivity contribution in [2.24, 2.45) is 11.8 Å². The molecule has 24 heavy (non-hydrogen) atoms. The molecule has 6 nitrogen and oxygen atoms in total. The van der Waals surface area contributed by atoms with E-state index in [0.29, 0.717) is 13.1 Å². The molecule has 1 aromatic rings. The monoisotopic (exact) mass is 331 g/mol. The standard InChI is InChI=1S/C18H25N3O3/c1-12(16-15(13(2)22)17(23)19-16)18(24)21-10-8-20(9-11-21)14-6-4-3-5-7-14/h3-7,12-13,15-16,22H,8-11H2,1-2H3,(H,19,23)/t12-,13-,15-,16-/m1/s1. The number of aliphatic hydroxyl groups excluding tert-OH is 1. The van der Waals surface area contributed by atoms with E-state index in [1.807, 2.05) is 30.0 Å². The molecular weight excluding hydrogens is 306 g/mol. The van der Waals surface area contributed by atoms with Gasteiger partial charge in [-0.3, -0.25) is 9.59 Å². The van der Waals surface area contributed by atoms with Crippen molar-refractivity contribution in [3.05, 3.63) is 30.3 Å². The number of carbonyl (C=O) groups excluding carboxylic acids is 2. The first-order valence-corrected chi connectivity index (χ1v) is 8.56. The van der Waals surface area contributed by atoms with Crippen molar-refractivity contribution >= 4 is 17.5 Å². The van der Waals surface area contributed by atoms with Crippen LogP contribution in [0.1, 0.15) is 13.8 Å². The number of para-hydroxylation sites is 1. The first-order valence-electron chi connectivity index (χ1n) is 8.56. The summed E-state index contributed by atoms with van der Waals surface area (Å²) in [5.41, 5.74) is 1.18. The molecule has 1 aromatic carbocycles.